The molecule has 20 heavy (non-hydrogen) atoms. The third kappa shape index (κ3) is 3.12. The van der Waals surface area contributed by atoms with Crippen LogP contribution in [-0.2, 0) is 5.54 Å². The first-order valence-corrected chi connectivity index (χ1v) is 8.08. The van der Waals surface area contributed by atoms with E-state index in [-0.39, 0.29) is 11.9 Å². The summed E-state index contributed by atoms with van der Waals surface area (Å²) in [5.74, 6) is -0.0930. The summed E-state index contributed by atoms with van der Waals surface area (Å²) < 4.78 is 2.86. The molecule has 4 nitrogen and oxygen atoms in total. The zero-order chi connectivity index (χ0) is 14.9. The van der Waals surface area contributed by atoms with Gasteiger partial charge in [-0.05, 0) is 49.7 Å². The molecule has 0 aromatic carbocycles. The van der Waals surface area contributed by atoms with Gasteiger partial charge in [-0.2, -0.15) is 0 Å². The van der Waals surface area contributed by atoms with E-state index in [0.717, 1.165) is 9.48 Å². The third-order valence-corrected chi connectivity index (χ3v) is 4.53. The summed E-state index contributed by atoms with van der Waals surface area (Å²) in [6.45, 7) is 8.02. The molecule has 0 saturated carbocycles. The van der Waals surface area contributed by atoms with Crippen molar-refractivity contribution in [1.29, 1.82) is 0 Å². The summed E-state index contributed by atoms with van der Waals surface area (Å²) in [4.78, 5) is 16.8. The maximum Gasteiger partial charge on any atom is 0.268 e. The Labute approximate surface area is 131 Å². The Morgan fingerprint density at radius 1 is 1.50 bits per heavy atom. The number of rotatable bonds is 4. The number of carbonyl (C=O) groups is 1. The molecule has 0 radical (unpaired) electrons. The fourth-order valence-electron chi connectivity index (χ4n) is 1.99. The van der Waals surface area contributed by atoms with Crippen molar-refractivity contribution in [2.45, 2.75) is 39.3 Å². The van der Waals surface area contributed by atoms with Crippen LogP contribution in [0.25, 0.3) is 0 Å². The van der Waals surface area contributed by atoms with Crippen LogP contribution in [-0.4, -0.2) is 15.5 Å². The lowest BCUT2D eigenvalue weighted by molar-refractivity contribution is 0.0901. The van der Waals surface area contributed by atoms with Crippen molar-refractivity contribution < 1.29 is 4.79 Å². The molecule has 0 aliphatic heterocycles. The Balaban J connectivity index is 2.25. The normalized spacial score (nSPS) is 11.9. The smallest absolute Gasteiger partial charge is 0.268 e. The Bertz CT molecular complexity index is 602. The summed E-state index contributed by atoms with van der Waals surface area (Å²) in [6.07, 6.45) is 3.68. The predicted molar refractivity (Wildman–Crippen MR) is 85.1 cm³/mol. The summed E-state index contributed by atoms with van der Waals surface area (Å²) in [5.41, 5.74) is 0.167. The Kier molecular flexibility index (Phi) is 4.34. The molecule has 2 aromatic heterocycles. The van der Waals surface area contributed by atoms with Gasteiger partial charge in [0.05, 0.1) is 5.54 Å². The van der Waals surface area contributed by atoms with Crippen molar-refractivity contribution in [1.82, 2.24) is 14.9 Å². The highest BCUT2D eigenvalue weighted by Gasteiger charge is 2.27. The number of hydrogen-bond acceptors (Lipinski definition) is 3. The standard InChI is InChI=1S/C14H18BrN3OS/c1-9(2)18-8-10(15)7-11(18)12(19)17-14(3,4)13-16-5-6-20-13/h5-9H,1-4H3,(H,17,19). The summed E-state index contributed by atoms with van der Waals surface area (Å²) in [7, 11) is 0. The number of nitrogens with zero attached hydrogens (tertiary/aromatic N) is 2. The van der Waals surface area contributed by atoms with Crippen molar-refractivity contribution >= 4 is 33.2 Å². The molecule has 0 bridgehead atoms. The monoisotopic (exact) mass is 355 g/mol. The topological polar surface area (TPSA) is 46.9 Å². The lowest BCUT2D eigenvalue weighted by atomic mass is 10.1. The molecule has 2 rings (SSSR count). The molecule has 0 aliphatic carbocycles. The highest BCUT2D eigenvalue weighted by atomic mass is 79.9. The second-order valence-electron chi connectivity index (χ2n) is 5.46. The molecule has 2 heterocycles. The lowest BCUT2D eigenvalue weighted by Crippen LogP contribution is -2.41. The van der Waals surface area contributed by atoms with Crippen LogP contribution in [0.5, 0.6) is 0 Å². The molecule has 0 aliphatic rings. The van der Waals surface area contributed by atoms with Gasteiger partial charge in [0.2, 0.25) is 0 Å². The number of hydrogen-bond donors (Lipinski definition) is 1. The highest BCUT2D eigenvalue weighted by molar-refractivity contribution is 9.10. The minimum Gasteiger partial charge on any atom is -0.340 e. The van der Waals surface area contributed by atoms with Gasteiger partial charge in [0, 0.05) is 28.3 Å². The molecule has 108 valence electrons. The minimum atomic E-state index is -0.482. The van der Waals surface area contributed by atoms with Gasteiger partial charge in [0.25, 0.3) is 5.91 Å². The van der Waals surface area contributed by atoms with Gasteiger partial charge >= 0.3 is 0 Å². The quantitative estimate of drug-likeness (QED) is 0.902. The molecule has 1 amide bonds. The largest absolute Gasteiger partial charge is 0.340 e. The third-order valence-electron chi connectivity index (χ3n) is 3.00. The van der Waals surface area contributed by atoms with Gasteiger partial charge in [-0.1, -0.05) is 0 Å². The Morgan fingerprint density at radius 3 is 2.75 bits per heavy atom. The van der Waals surface area contributed by atoms with E-state index in [9.17, 15) is 4.79 Å². The zero-order valence-electron chi connectivity index (χ0n) is 12.0. The average Bonchev–Trinajstić information content (AvgIpc) is 2.96. The predicted octanol–water partition coefficient (Wildman–Crippen LogP) is 3.95. The summed E-state index contributed by atoms with van der Waals surface area (Å²) in [6, 6.07) is 2.07. The molecule has 6 heteroatoms. The van der Waals surface area contributed by atoms with Crippen LogP contribution in [0.2, 0.25) is 0 Å². The van der Waals surface area contributed by atoms with Gasteiger partial charge < -0.3 is 9.88 Å². The molecule has 0 spiro atoms. The molecule has 0 atom stereocenters. The molecule has 0 fully saturated rings. The van der Waals surface area contributed by atoms with Crippen molar-refractivity contribution in [3.63, 3.8) is 0 Å². The zero-order valence-corrected chi connectivity index (χ0v) is 14.4. The fourth-order valence-corrected chi connectivity index (χ4v) is 3.14. The van der Waals surface area contributed by atoms with Gasteiger partial charge in [0.1, 0.15) is 10.7 Å². The average molecular weight is 356 g/mol. The van der Waals surface area contributed by atoms with E-state index < -0.39 is 5.54 Å². The maximum absolute atomic E-state index is 12.5. The number of nitrogens with one attached hydrogen (secondary N) is 1. The maximum atomic E-state index is 12.5. The SMILES string of the molecule is CC(C)n1cc(Br)cc1C(=O)NC(C)(C)c1nccs1. The van der Waals surface area contributed by atoms with E-state index in [0.29, 0.717) is 5.69 Å². The summed E-state index contributed by atoms with van der Waals surface area (Å²) >= 11 is 4.97. The second-order valence-corrected chi connectivity index (χ2v) is 7.27. The van der Waals surface area contributed by atoms with E-state index in [4.69, 9.17) is 0 Å². The first-order chi connectivity index (χ1) is 9.31. The number of thiazole rings is 1. The minimum absolute atomic E-state index is 0.0930. The molecule has 0 saturated heterocycles. The van der Waals surface area contributed by atoms with E-state index in [2.05, 4.69) is 40.1 Å². The van der Waals surface area contributed by atoms with Crippen LogP contribution in [0.15, 0.2) is 28.3 Å². The van der Waals surface area contributed by atoms with E-state index in [1.165, 1.54) is 0 Å². The molecule has 0 unspecified atom stereocenters. The lowest BCUT2D eigenvalue weighted by Gasteiger charge is -2.24. The van der Waals surface area contributed by atoms with Gasteiger partial charge in [0.15, 0.2) is 0 Å². The number of aromatic nitrogens is 2. The molecular weight excluding hydrogens is 338 g/mol. The van der Waals surface area contributed by atoms with Crippen LogP contribution in [0, 0.1) is 0 Å². The van der Waals surface area contributed by atoms with Gasteiger partial charge in [-0.25, -0.2) is 4.98 Å². The van der Waals surface area contributed by atoms with E-state index in [1.54, 1.807) is 17.5 Å². The van der Waals surface area contributed by atoms with Crippen LogP contribution < -0.4 is 5.32 Å². The molecular formula is C14H18BrN3OS. The molecule has 2 aromatic rings. The van der Waals surface area contributed by atoms with E-state index >= 15 is 0 Å². The van der Waals surface area contributed by atoms with Crippen molar-refractivity contribution in [3.05, 3.63) is 39.0 Å². The Morgan fingerprint density at radius 2 is 2.20 bits per heavy atom. The first kappa shape index (κ1) is 15.3. The highest BCUT2D eigenvalue weighted by Crippen LogP contribution is 2.24. The van der Waals surface area contributed by atoms with Crippen LogP contribution in [0.4, 0.5) is 0 Å². The van der Waals surface area contributed by atoms with Crippen LogP contribution in [0.3, 0.4) is 0 Å². The molecule has 1 N–H and O–H groups in total. The first-order valence-electron chi connectivity index (χ1n) is 6.41. The summed E-state index contributed by atoms with van der Waals surface area (Å²) in [5, 5.41) is 5.86. The van der Waals surface area contributed by atoms with Crippen LogP contribution in [0.1, 0.15) is 49.2 Å². The van der Waals surface area contributed by atoms with Crippen molar-refractivity contribution in [3.8, 4) is 0 Å². The van der Waals surface area contributed by atoms with Gasteiger partial charge in [-0.15, -0.1) is 11.3 Å². The van der Waals surface area contributed by atoms with Crippen molar-refractivity contribution in [2.75, 3.05) is 0 Å². The number of halogens is 1. The van der Waals surface area contributed by atoms with E-state index in [1.807, 2.05) is 36.1 Å². The van der Waals surface area contributed by atoms with Crippen molar-refractivity contribution in [2.24, 2.45) is 0 Å². The number of amides is 1. The number of carbonyl (C=O) groups excluding carboxylic acids is 1. The fraction of sp³-hybridized carbons (Fsp3) is 0.429. The second kappa shape index (κ2) is 5.69. The van der Waals surface area contributed by atoms with Gasteiger partial charge in [-0.3, -0.25) is 4.79 Å². The Hall–Kier alpha value is -1.14. The van der Waals surface area contributed by atoms with Crippen LogP contribution >= 0.6 is 27.3 Å².